The summed E-state index contributed by atoms with van der Waals surface area (Å²) in [4.78, 5) is 2.79. The minimum atomic E-state index is 0.701. The Kier molecular flexibility index (Phi) is 8.01. The molecule has 1 N–H and O–H groups in total. The third-order valence-electron chi connectivity index (χ3n) is 5.17. The Morgan fingerprint density at radius 3 is 2.32 bits per heavy atom. The minimum Gasteiger partial charge on any atom is -0.311 e. The summed E-state index contributed by atoms with van der Waals surface area (Å²) < 4.78 is 0. The third-order valence-corrected chi connectivity index (χ3v) is 5.17. The van der Waals surface area contributed by atoms with Gasteiger partial charge in [-0.15, -0.1) is 0 Å². The van der Waals surface area contributed by atoms with Crippen LogP contribution in [0.4, 0.5) is 0 Å². The largest absolute Gasteiger partial charge is 0.311 e. The molecule has 19 heavy (non-hydrogen) atoms. The molecule has 2 nitrogen and oxygen atoms in total. The molecule has 0 amide bonds. The predicted molar refractivity (Wildman–Crippen MR) is 85.6 cm³/mol. The average molecular weight is 268 g/mol. The van der Waals surface area contributed by atoms with Crippen LogP contribution in [0.3, 0.4) is 0 Å². The van der Waals surface area contributed by atoms with Gasteiger partial charge < -0.3 is 5.32 Å². The van der Waals surface area contributed by atoms with Gasteiger partial charge in [-0.2, -0.15) is 0 Å². The van der Waals surface area contributed by atoms with Crippen LogP contribution in [0.15, 0.2) is 0 Å². The molecule has 0 saturated carbocycles. The molecule has 114 valence electrons. The van der Waals surface area contributed by atoms with E-state index in [2.05, 4.69) is 44.8 Å². The SMILES string of the molecule is CCCCCN1CC(C(C)CC)NCC1C(C)CC. The molecule has 4 atom stereocenters. The van der Waals surface area contributed by atoms with Crippen molar-refractivity contribution in [2.24, 2.45) is 11.8 Å². The fourth-order valence-electron chi connectivity index (χ4n) is 3.17. The van der Waals surface area contributed by atoms with E-state index in [1.165, 1.54) is 51.7 Å². The van der Waals surface area contributed by atoms with Gasteiger partial charge in [-0.1, -0.05) is 60.3 Å². The molecule has 1 aliphatic rings. The van der Waals surface area contributed by atoms with Crippen molar-refractivity contribution in [2.75, 3.05) is 19.6 Å². The van der Waals surface area contributed by atoms with E-state index in [4.69, 9.17) is 0 Å². The van der Waals surface area contributed by atoms with E-state index >= 15 is 0 Å². The number of nitrogens with one attached hydrogen (secondary N) is 1. The van der Waals surface area contributed by atoms with E-state index in [-0.39, 0.29) is 0 Å². The van der Waals surface area contributed by atoms with Crippen LogP contribution in [0.5, 0.6) is 0 Å². The molecule has 0 aromatic rings. The molecule has 0 aromatic carbocycles. The van der Waals surface area contributed by atoms with Crippen LogP contribution in [0.2, 0.25) is 0 Å². The van der Waals surface area contributed by atoms with Crippen LogP contribution in [0.1, 0.15) is 66.7 Å². The summed E-state index contributed by atoms with van der Waals surface area (Å²) in [6.07, 6.45) is 6.66. The highest BCUT2D eigenvalue weighted by Gasteiger charge is 2.31. The molecule has 1 saturated heterocycles. The molecular formula is C17H36N2. The Morgan fingerprint density at radius 1 is 1.05 bits per heavy atom. The van der Waals surface area contributed by atoms with Crippen LogP contribution in [-0.2, 0) is 0 Å². The zero-order chi connectivity index (χ0) is 14.3. The maximum Gasteiger partial charge on any atom is 0.0246 e. The number of nitrogens with zero attached hydrogens (tertiary/aromatic N) is 1. The van der Waals surface area contributed by atoms with Crippen LogP contribution < -0.4 is 5.32 Å². The van der Waals surface area contributed by atoms with E-state index in [1.807, 2.05) is 0 Å². The summed E-state index contributed by atoms with van der Waals surface area (Å²) in [5.41, 5.74) is 0. The Hall–Kier alpha value is -0.0800. The highest BCUT2D eigenvalue weighted by atomic mass is 15.2. The van der Waals surface area contributed by atoms with Gasteiger partial charge in [0.25, 0.3) is 0 Å². The first kappa shape index (κ1) is 17.0. The number of rotatable bonds is 8. The number of unbranched alkanes of at least 4 members (excludes halogenated alkanes) is 2. The van der Waals surface area contributed by atoms with Gasteiger partial charge in [-0.05, 0) is 24.8 Å². The van der Waals surface area contributed by atoms with Gasteiger partial charge in [0.1, 0.15) is 0 Å². The molecular weight excluding hydrogens is 232 g/mol. The van der Waals surface area contributed by atoms with Crippen molar-refractivity contribution in [1.82, 2.24) is 10.2 Å². The highest BCUT2D eigenvalue weighted by Crippen LogP contribution is 2.22. The zero-order valence-corrected chi connectivity index (χ0v) is 13.9. The Bertz CT molecular complexity index is 229. The van der Waals surface area contributed by atoms with E-state index < -0.39 is 0 Å². The molecule has 0 aromatic heterocycles. The van der Waals surface area contributed by atoms with Crippen molar-refractivity contribution >= 4 is 0 Å². The van der Waals surface area contributed by atoms with Gasteiger partial charge >= 0.3 is 0 Å². The molecule has 0 aliphatic carbocycles. The molecule has 0 spiro atoms. The van der Waals surface area contributed by atoms with Crippen molar-refractivity contribution in [3.05, 3.63) is 0 Å². The smallest absolute Gasteiger partial charge is 0.0246 e. The molecule has 1 aliphatic heterocycles. The first-order valence-corrected chi connectivity index (χ1v) is 8.61. The Labute approximate surface area is 121 Å². The molecule has 2 heteroatoms. The van der Waals surface area contributed by atoms with Crippen LogP contribution in [0, 0.1) is 11.8 Å². The second-order valence-corrected chi connectivity index (χ2v) is 6.56. The lowest BCUT2D eigenvalue weighted by Crippen LogP contribution is -2.60. The minimum absolute atomic E-state index is 0.701. The van der Waals surface area contributed by atoms with Crippen molar-refractivity contribution in [2.45, 2.75) is 78.8 Å². The van der Waals surface area contributed by atoms with Crippen molar-refractivity contribution in [3.63, 3.8) is 0 Å². The fourth-order valence-corrected chi connectivity index (χ4v) is 3.17. The Balaban J connectivity index is 2.57. The lowest BCUT2D eigenvalue weighted by Gasteiger charge is -2.44. The van der Waals surface area contributed by atoms with Crippen molar-refractivity contribution < 1.29 is 0 Å². The number of hydrogen-bond acceptors (Lipinski definition) is 2. The second-order valence-electron chi connectivity index (χ2n) is 6.56. The normalized spacial score (nSPS) is 28.3. The van der Waals surface area contributed by atoms with E-state index in [1.54, 1.807) is 0 Å². The van der Waals surface area contributed by atoms with E-state index in [0.717, 1.165) is 17.9 Å². The maximum absolute atomic E-state index is 3.81. The predicted octanol–water partition coefficient (Wildman–Crippen LogP) is 3.91. The quantitative estimate of drug-likeness (QED) is 0.671. The summed E-state index contributed by atoms with van der Waals surface area (Å²) in [6, 6.07) is 1.45. The van der Waals surface area contributed by atoms with Crippen molar-refractivity contribution in [3.8, 4) is 0 Å². The van der Waals surface area contributed by atoms with Gasteiger partial charge in [0.2, 0.25) is 0 Å². The molecule has 0 radical (unpaired) electrons. The van der Waals surface area contributed by atoms with Gasteiger partial charge in [0.15, 0.2) is 0 Å². The summed E-state index contributed by atoms with van der Waals surface area (Å²) in [7, 11) is 0. The topological polar surface area (TPSA) is 15.3 Å². The Morgan fingerprint density at radius 2 is 1.74 bits per heavy atom. The highest BCUT2D eigenvalue weighted by molar-refractivity contribution is 4.90. The number of hydrogen-bond donors (Lipinski definition) is 1. The van der Waals surface area contributed by atoms with E-state index in [0.29, 0.717) is 6.04 Å². The average Bonchev–Trinajstić information content (AvgIpc) is 2.45. The van der Waals surface area contributed by atoms with Gasteiger partial charge in [-0.3, -0.25) is 4.90 Å². The first-order valence-electron chi connectivity index (χ1n) is 8.61. The number of piperazine rings is 1. The standard InChI is InChI=1S/C17H36N2/c1-6-9-10-11-19-13-16(14(4)7-2)18-12-17(19)15(5)8-3/h14-18H,6-13H2,1-5H3. The zero-order valence-electron chi connectivity index (χ0n) is 13.9. The summed E-state index contributed by atoms with van der Waals surface area (Å²) in [5, 5.41) is 3.81. The van der Waals surface area contributed by atoms with Gasteiger partial charge in [0, 0.05) is 25.2 Å². The summed E-state index contributed by atoms with van der Waals surface area (Å²) in [5.74, 6) is 1.61. The monoisotopic (exact) mass is 268 g/mol. The lowest BCUT2D eigenvalue weighted by molar-refractivity contribution is 0.0744. The van der Waals surface area contributed by atoms with Crippen LogP contribution in [0.25, 0.3) is 0 Å². The molecule has 1 heterocycles. The summed E-state index contributed by atoms with van der Waals surface area (Å²) in [6.45, 7) is 15.5. The molecule has 1 rings (SSSR count). The van der Waals surface area contributed by atoms with Gasteiger partial charge in [0.05, 0.1) is 0 Å². The molecule has 4 unspecified atom stereocenters. The fraction of sp³-hybridized carbons (Fsp3) is 1.00. The van der Waals surface area contributed by atoms with Crippen molar-refractivity contribution in [1.29, 1.82) is 0 Å². The second kappa shape index (κ2) is 8.97. The maximum atomic E-state index is 3.81. The summed E-state index contributed by atoms with van der Waals surface area (Å²) >= 11 is 0. The first-order chi connectivity index (χ1) is 9.13. The lowest BCUT2D eigenvalue weighted by atomic mass is 9.90. The van der Waals surface area contributed by atoms with Crippen LogP contribution in [-0.4, -0.2) is 36.6 Å². The van der Waals surface area contributed by atoms with Crippen LogP contribution >= 0.6 is 0 Å². The van der Waals surface area contributed by atoms with Gasteiger partial charge in [-0.25, -0.2) is 0 Å². The third kappa shape index (κ3) is 5.07. The van der Waals surface area contributed by atoms with E-state index in [9.17, 15) is 0 Å². The molecule has 1 fully saturated rings. The molecule has 0 bridgehead atoms.